The number of hydrogen-bond acceptors (Lipinski definition) is 4. The molecule has 96 valence electrons. The second-order valence-corrected chi connectivity index (χ2v) is 4.33. The van der Waals surface area contributed by atoms with E-state index in [0.29, 0.717) is 0 Å². The van der Waals surface area contributed by atoms with Crippen molar-refractivity contribution in [2.75, 3.05) is 7.05 Å². The molecule has 0 fully saturated rings. The van der Waals surface area contributed by atoms with Crippen LogP contribution in [0.5, 0.6) is 0 Å². The molecule has 0 saturated heterocycles. The first-order chi connectivity index (χ1) is 8.72. The molecule has 1 unspecified atom stereocenters. The van der Waals surface area contributed by atoms with E-state index < -0.39 is 0 Å². The highest BCUT2D eigenvalue weighted by Crippen LogP contribution is 2.15. The van der Waals surface area contributed by atoms with E-state index in [2.05, 4.69) is 33.5 Å². The Balaban J connectivity index is 2.11. The number of rotatable bonds is 5. The molecule has 5 heteroatoms. The summed E-state index contributed by atoms with van der Waals surface area (Å²) in [5.74, 6) is 0. The molecule has 5 nitrogen and oxygen atoms in total. The maximum atomic E-state index is 4.42. The van der Waals surface area contributed by atoms with Gasteiger partial charge in [0.15, 0.2) is 0 Å². The molecule has 0 spiro atoms. The van der Waals surface area contributed by atoms with Gasteiger partial charge < -0.3 is 5.32 Å². The van der Waals surface area contributed by atoms with Gasteiger partial charge in [-0.05, 0) is 32.9 Å². The minimum atomic E-state index is 0.174. The lowest BCUT2D eigenvalue weighted by Gasteiger charge is -2.14. The number of nitrogens with zero attached hydrogens (tertiary/aromatic N) is 4. The molecule has 0 aromatic carbocycles. The molecule has 0 amide bonds. The quantitative estimate of drug-likeness (QED) is 0.867. The second kappa shape index (κ2) is 5.73. The van der Waals surface area contributed by atoms with Crippen molar-refractivity contribution in [3.05, 3.63) is 41.7 Å². The van der Waals surface area contributed by atoms with E-state index in [-0.39, 0.29) is 6.04 Å². The van der Waals surface area contributed by atoms with Crippen LogP contribution in [0, 0.1) is 6.92 Å². The lowest BCUT2D eigenvalue weighted by Crippen LogP contribution is -2.20. The van der Waals surface area contributed by atoms with Crippen LogP contribution in [0.4, 0.5) is 0 Å². The Morgan fingerprint density at radius 1 is 1.28 bits per heavy atom. The zero-order valence-corrected chi connectivity index (χ0v) is 11.1. The summed E-state index contributed by atoms with van der Waals surface area (Å²) >= 11 is 0. The molecule has 2 rings (SSSR count). The Bertz CT molecular complexity index is 488. The second-order valence-electron chi connectivity index (χ2n) is 4.33. The zero-order valence-electron chi connectivity index (χ0n) is 11.1. The third-order valence-corrected chi connectivity index (χ3v) is 2.96. The van der Waals surface area contributed by atoms with Gasteiger partial charge in [-0.25, -0.2) is 0 Å². The van der Waals surface area contributed by atoms with Crippen LogP contribution in [-0.2, 0) is 13.0 Å². The standard InChI is InChI=1S/C13H19N5/c1-4-18-9-11(7-17-18)5-12(14-3)13-8-15-10(2)6-16-13/h6-9,12,14H,4-5H2,1-3H3. The summed E-state index contributed by atoms with van der Waals surface area (Å²) in [6.45, 7) is 4.92. The molecule has 0 saturated carbocycles. The predicted molar refractivity (Wildman–Crippen MR) is 70.2 cm³/mol. The summed E-state index contributed by atoms with van der Waals surface area (Å²) in [5, 5.41) is 7.56. The predicted octanol–water partition coefficient (Wildman–Crippen LogP) is 1.50. The first-order valence-corrected chi connectivity index (χ1v) is 6.20. The fourth-order valence-electron chi connectivity index (χ4n) is 1.86. The number of likely N-dealkylation sites (N-methyl/N-ethyl adjacent to an activating group) is 1. The van der Waals surface area contributed by atoms with Crippen LogP contribution in [0.1, 0.15) is 29.9 Å². The van der Waals surface area contributed by atoms with Gasteiger partial charge in [0, 0.05) is 18.9 Å². The summed E-state index contributed by atoms with van der Waals surface area (Å²) in [4.78, 5) is 8.71. The van der Waals surface area contributed by atoms with E-state index in [0.717, 1.165) is 24.4 Å². The van der Waals surface area contributed by atoms with Crippen LogP contribution in [-0.4, -0.2) is 26.8 Å². The van der Waals surface area contributed by atoms with Crippen LogP contribution in [0.2, 0.25) is 0 Å². The van der Waals surface area contributed by atoms with Crippen molar-refractivity contribution in [3.63, 3.8) is 0 Å². The minimum absolute atomic E-state index is 0.174. The Morgan fingerprint density at radius 3 is 2.67 bits per heavy atom. The lowest BCUT2D eigenvalue weighted by atomic mass is 10.1. The van der Waals surface area contributed by atoms with Gasteiger partial charge in [-0.2, -0.15) is 5.10 Å². The minimum Gasteiger partial charge on any atom is -0.311 e. The van der Waals surface area contributed by atoms with Crippen LogP contribution < -0.4 is 5.32 Å². The molecule has 18 heavy (non-hydrogen) atoms. The van der Waals surface area contributed by atoms with Crippen molar-refractivity contribution in [2.45, 2.75) is 32.9 Å². The number of aryl methyl sites for hydroxylation is 2. The topological polar surface area (TPSA) is 55.6 Å². The number of aromatic nitrogens is 4. The molecule has 1 atom stereocenters. The van der Waals surface area contributed by atoms with Gasteiger partial charge in [0.1, 0.15) is 0 Å². The average Bonchev–Trinajstić information content (AvgIpc) is 2.85. The molecule has 0 radical (unpaired) electrons. The Morgan fingerprint density at radius 2 is 2.11 bits per heavy atom. The Labute approximate surface area is 107 Å². The van der Waals surface area contributed by atoms with Crippen LogP contribution in [0.3, 0.4) is 0 Å². The number of nitrogens with one attached hydrogen (secondary N) is 1. The molecule has 0 aliphatic heterocycles. The third kappa shape index (κ3) is 2.92. The highest BCUT2D eigenvalue weighted by atomic mass is 15.3. The van der Waals surface area contributed by atoms with E-state index in [1.54, 1.807) is 6.20 Å². The molecule has 2 heterocycles. The zero-order chi connectivity index (χ0) is 13.0. The highest BCUT2D eigenvalue weighted by Gasteiger charge is 2.12. The van der Waals surface area contributed by atoms with Crippen molar-refractivity contribution in [2.24, 2.45) is 0 Å². The van der Waals surface area contributed by atoms with Gasteiger partial charge in [0.25, 0.3) is 0 Å². The molecule has 1 N–H and O–H groups in total. The van der Waals surface area contributed by atoms with E-state index in [1.807, 2.05) is 31.0 Å². The molecular formula is C13H19N5. The number of hydrogen-bond donors (Lipinski definition) is 1. The van der Waals surface area contributed by atoms with Crippen molar-refractivity contribution >= 4 is 0 Å². The average molecular weight is 245 g/mol. The van der Waals surface area contributed by atoms with Crippen molar-refractivity contribution in [1.29, 1.82) is 0 Å². The van der Waals surface area contributed by atoms with Crippen LogP contribution in [0.25, 0.3) is 0 Å². The van der Waals surface area contributed by atoms with Gasteiger partial charge in [0.05, 0.1) is 29.8 Å². The van der Waals surface area contributed by atoms with E-state index in [4.69, 9.17) is 0 Å². The molecular weight excluding hydrogens is 226 g/mol. The highest BCUT2D eigenvalue weighted by molar-refractivity contribution is 5.13. The SMILES string of the molecule is CCn1cc(CC(NC)c2cnc(C)cn2)cn1. The molecule has 0 bridgehead atoms. The molecule has 0 aliphatic rings. The summed E-state index contributed by atoms with van der Waals surface area (Å²) in [7, 11) is 1.94. The maximum Gasteiger partial charge on any atom is 0.0759 e. The summed E-state index contributed by atoms with van der Waals surface area (Å²) < 4.78 is 1.93. The molecule has 2 aromatic rings. The summed E-state index contributed by atoms with van der Waals surface area (Å²) in [5.41, 5.74) is 3.11. The fraction of sp³-hybridized carbons (Fsp3) is 0.462. The Kier molecular flexibility index (Phi) is 4.04. The normalized spacial score (nSPS) is 12.6. The van der Waals surface area contributed by atoms with Crippen molar-refractivity contribution in [3.8, 4) is 0 Å². The summed E-state index contributed by atoms with van der Waals surface area (Å²) in [6.07, 6.45) is 8.49. The van der Waals surface area contributed by atoms with Crippen LogP contribution >= 0.6 is 0 Å². The van der Waals surface area contributed by atoms with E-state index >= 15 is 0 Å². The maximum absolute atomic E-state index is 4.42. The van der Waals surface area contributed by atoms with Gasteiger partial charge in [-0.1, -0.05) is 0 Å². The third-order valence-electron chi connectivity index (χ3n) is 2.96. The lowest BCUT2D eigenvalue weighted by molar-refractivity contribution is 0.571. The van der Waals surface area contributed by atoms with Gasteiger partial charge in [-0.3, -0.25) is 14.6 Å². The van der Waals surface area contributed by atoms with Crippen LogP contribution in [0.15, 0.2) is 24.8 Å². The van der Waals surface area contributed by atoms with Gasteiger partial charge >= 0.3 is 0 Å². The first kappa shape index (κ1) is 12.7. The van der Waals surface area contributed by atoms with Gasteiger partial charge in [-0.15, -0.1) is 0 Å². The summed E-state index contributed by atoms with van der Waals surface area (Å²) in [6, 6.07) is 0.174. The fourth-order valence-corrected chi connectivity index (χ4v) is 1.86. The van der Waals surface area contributed by atoms with E-state index in [1.165, 1.54) is 5.56 Å². The smallest absolute Gasteiger partial charge is 0.0759 e. The van der Waals surface area contributed by atoms with Crippen molar-refractivity contribution in [1.82, 2.24) is 25.1 Å². The van der Waals surface area contributed by atoms with Gasteiger partial charge in [0.2, 0.25) is 0 Å². The molecule has 2 aromatic heterocycles. The monoisotopic (exact) mass is 245 g/mol. The first-order valence-electron chi connectivity index (χ1n) is 6.20. The largest absolute Gasteiger partial charge is 0.311 e. The van der Waals surface area contributed by atoms with E-state index in [9.17, 15) is 0 Å². The van der Waals surface area contributed by atoms with Crippen molar-refractivity contribution < 1.29 is 0 Å². The Hall–Kier alpha value is -1.75. The molecule has 0 aliphatic carbocycles.